The van der Waals surface area contributed by atoms with E-state index in [2.05, 4.69) is 32.2 Å². The van der Waals surface area contributed by atoms with Gasteiger partial charge in [-0.2, -0.15) is 0 Å². The fourth-order valence-electron chi connectivity index (χ4n) is 1.03. The van der Waals surface area contributed by atoms with Gasteiger partial charge in [-0.3, -0.25) is 0 Å². The van der Waals surface area contributed by atoms with Crippen molar-refractivity contribution >= 4 is 11.3 Å². The van der Waals surface area contributed by atoms with Crippen molar-refractivity contribution in [2.45, 2.75) is 26.8 Å². The van der Waals surface area contributed by atoms with E-state index in [1.54, 1.807) is 11.3 Å². The van der Waals surface area contributed by atoms with Gasteiger partial charge in [0.25, 0.3) is 0 Å². The van der Waals surface area contributed by atoms with Gasteiger partial charge in [-0.05, 0) is 29.9 Å². The van der Waals surface area contributed by atoms with Crippen LogP contribution >= 0.6 is 11.3 Å². The second-order valence-electron chi connectivity index (χ2n) is 3.24. The van der Waals surface area contributed by atoms with E-state index in [1.807, 2.05) is 0 Å². The Morgan fingerprint density at radius 1 is 1.45 bits per heavy atom. The largest absolute Gasteiger partial charge is 0.323 e. The Morgan fingerprint density at radius 3 is 2.45 bits per heavy atom. The average Bonchev–Trinajstić information content (AvgIpc) is 2.33. The Hall–Kier alpha value is -0.340. The van der Waals surface area contributed by atoms with Crippen molar-refractivity contribution in [2.24, 2.45) is 11.7 Å². The van der Waals surface area contributed by atoms with E-state index in [9.17, 15) is 0 Å². The van der Waals surface area contributed by atoms with Crippen LogP contribution in [0.15, 0.2) is 11.4 Å². The summed E-state index contributed by atoms with van der Waals surface area (Å²) in [7, 11) is 0. The second-order valence-corrected chi connectivity index (χ2v) is 4.19. The molecule has 1 atom stereocenters. The molecule has 0 saturated heterocycles. The standard InChI is InChI=1S/C9H15NS/c1-6(2)8(10)9-7(3)4-5-11-9/h4-6,8H,10H2,1-3H3. The zero-order valence-electron chi connectivity index (χ0n) is 7.29. The highest BCUT2D eigenvalue weighted by atomic mass is 32.1. The molecule has 0 saturated carbocycles. The van der Waals surface area contributed by atoms with Crippen LogP contribution in [0.3, 0.4) is 0 Å². The van der Waals surface area contributed by atoms with Crippen molar-refractivity contribution in [3.05, 3.63) is 21.9 Å². The third-order valence-electron chi connectivity index (χ3n) is 1.92. The van der Waals surface area contributed by atoms with Gasteiger partial charge in [-0.15, -0.1) is 11.3 Å². The van der Waals surface area contributed by atoms with Gasteiger partial charge in [-0.1, -0.05) is 13.8 Å². The number of nitrogens with two attached hydrogens (primary N) is 1. The van der Waals surface area contributed by atoms with Crippen LogP contribution in [0.2, 0.25) is 0 Å². The molecule has 62 valence electrons. The van der Waals surface area contributed by atoms with Crippen LogP contribution in [0.25, 0.3) is 0 Å². The van der Waals surface area contributed by atoms with E-state index in [4.69, 9.17) is 5.73 Å². The highest BCUT2D eigenvalue weighted by Gasteiger charge is 2.13. The lowest BCUT2D eigenvalue weighted by molar-refractivity contribution is 0.520. The van der Waals surface area contributed by atoms with Gasteiger partial charge >= 0.3 is 0 Å². The highest BCUT2D eigenvalue weighted by Crippen LogP contribution is 2.26. The van der Waals surface area contributed by atoms with Crippen LogP contribution in [-0.2, 0) is 0 Å². The minimum absolute atomic E-state index is 0.218. The summed E-state index contributed by atoms with van der Waals surface area (Å²) >= 11 is 1.76. The van der Waals surface area contributed by atoms with Crippen LogP contribution in [0, 0.1) is 12.8 Å². The van der Waals surface area contributed by atoms with Crippen molar-refractivity contribution in [3.63, 3.8) is 0 Å². The van der Waals surface area contributed by atoms with Crippen molar-refractivity contribution in [1.29, 1.82) is 0 Å². The van der Waals surface area contributed by atoms with E-state index in [0.717, 1.165) is 0 Å². The lowest BCUT2D eigenvalue weighted by atomic mass is 10.0. The van der Waals surface area contributed by atoms with Crippen molar-refractivity contribution < 1.29 is 0 Å². The smallest absolute Gasteiger partial charge is 0.0415 e. The first-order valence-corrected chi connectivity index (χ1v) is 4.80. The Balaban J connectivity index is 2.84. The fourth-order valence-corrected chi connectivity index (χ4v) is 2.13. The monoisotopic (exact) mass is 169 g/mol. The number of hydrogen-bond donors (Lipinski definition) is 1. The van der Waals surface area contributed by atoms with E-state index in [0.29, 0.717) is 5.92 Å². The molecule has 0 fully saturated rings. The first kappa shape index (κ1) is 8.75. The summed E-state index contributed by atoms with van der Waals surface area (Å²) in [5, 5.41) is 2.10. The normalized spacial score (nSPS) is 13.9. The second kappa shape index (κ2) is 3.37. The van der Waals surface area contributed by atoms with E-state index in [-0.39, 0.29) is 6.04 Å². The fraction of sp³-hybridized carbons (Fsp3) is 0.556. The Morgan fingerprint density at radius 2 is 2.09 bits per heavy atom. The van der Waals surface area contributed by atoms with E-state index in [1.165, 1.54) is 10.4 Å². The summed E-state index contributed by atoms with van der Waals surface area (Å²) in [6.07, 6.45) is 0. The SMILES string of the molecule is Cc1ccsc1C(N)C(C)C. The van der Waals surface area contributed by atoms with Crippen molar-refractivity contribution in [1.82, 2.24) is 0 Å². The predicted octanol–water partition coefficient (Wildman–Crippen LogP) is 2.71. The molecule has 11 heavy (non-hydrogen) atoms. The van der Waals surface area contributed by atoms with Crippen LogP contribution < -0.4 is 5.73 Å². The van der Waals surface area contributed by atoms with Crippen LogP contribution in [0.4, 0.5) is 0 Å². The molecule has 1 nitrogen and oxygen atoms in total. The third-order valence-corrected chi connectivity index (χ3v) is 3.04. The molecule has 0 aliphatic heterocycles. The Kier molecular flexibility index (Phi) is 2.68. The molecular formula is C9H15NS. The van der Waals surface area contributed by atoms with Gasteiger partial charge in [0.2, 0.25) is 0 Å². The van der Waals surface area contributed by atoms with E-state index >= 15 is 0 Å². The quantitative estimate of drug-likeness (QED) is 0.723. The zero-order chi connectivity index (χ0) is 8.43. The Labute approximate surface area is 72.2 Å². The summed E-state index contributed by atoms with van der Waals surface area (Å²) in [6.45, 7) is 6.43. The first-order chi connectivity index (χ1) is 5.13. The number of aryl methyl sites for hydroxylation is 1. The summed E-state index contributed by atoms with van der Waals surface area (Å²) in [4.78, 5) is 1.33. The van der Waals surface area contributed by atoms with Crippen LogP contribution in [-0.4, -0.2) is 0 Å². The third kappa shape index (κ3) is 1.82. The van der Waals surface area contributed by atoms with Gasteiger partial charge in [-0.25, -0.2) is 0 Å². The molecular weight excluding hydrogens is 154 g/mol. The van der Waals surface area contributed by atoms with Crippen LogP contribution in [0.5, 0.6) is 0 Å². The summed E-state index contributed by atoms with van der Waals surface area (Å²) in [5.74, 6) is 0.535. The molecule has 0 spiro atoms. The topological polar surface area (TPSA) is 26.0 Å². The molecule has 0 radical (unpaired) electrons. The summed E-state index contributed by atoms with van der Waals surface area (Å²) < 4.78 is 0. The maximum atomic E-state index is 5.99. The van der Waals surface area contributed by atoms with E-state index < -0.39 is 0 Å². The summed E-state index contributed by atoms with van der Waals surface area (Å²) in [6, 6.07) is 2.34. The lowest BCUT2D eigenvalue weighted by Crippen LogP contribution is -2.15. The molecule has 2 heteroatoms. The minimum atomic E-state index is 0.218. The highest BCUT2D eigenvalue weighted by molar-refractivity contribution is 7.10. The Bertz CT molecular complexity index is 227. The molecule has 0 bridgehead atoms. The van der Waals surface area contributed by atoms with Crippen LogP contribution in [0.1, 0.15) is 30.3 Å². The predicted molar refractivity (Wildman–Crippen MR) is 50.8 cm³/mol. The molecule has 0 amide bonds. The average molecular weight is 169 g/mol. The number of thiophene rings is 1. The first-order valence-electron chi connectivity index (χ1n) is 3.92. The minimum Gasteiger partial charge on any atom is -0.323 e. The molecule has 2 N–H and O–H groups in total. The van der Waals surface area contributed by atoms with Crippen molar-refractivity contribution in [3.8, 4) is 0 Å². The molecule has 1 heterocycles. The van der Waals surface area contributed by atoms with Gasteiger partial charge in [0.15, 0.2) is 0 Å². The molecule has 1 rings (SSSR count). The molecule has 0 aliphatic carbocycles. The van der Waals surface area contributed by atoms with Crippen molar-refractivity contribution in [2.75, 3.05) is 0 Å². The summed E-state index contributed by atoms with van der Waals surface area (Å²) in [5.41, 5.74) is 7.32. The number of hydrogen-bond acceptors (Lipinski definition) is 2. The maximum Gasteiger partial charge on any atom is 0.0415 e. The van der Waals surface area contributed by atoms with Gasteiger partial charge in [0, 0.05) is 10.9 Å². The molecule has 1 aromatic heterocycles. The van der Waals surface area contributed by atoms with Gasteiger partial charge in [0.1, 0.15) is 0 Å². The molecule has 0 aromatic carbocycles. The zero-order valence-corrected chi connectivity index (χ0v) is 8.11. The van der Waals surface area contributed by atoms with Gasteiger partial charge < -0.3 is 5.73 Å². The molecule has 1 unspecified atom stereocenters. The molecule has 0 aliphatic rings. The van der Waals surface area contributed by atoms with Gasteiger partial charge in [0.05, 0.1) is 0 Å². The lowest BCUT2D eigenvalue weighted by Gasteiger charge is -2.14. The number of rotatable bonds is 2. The maximum absolute atomic E-state index is 5.99. The molecule has 1 aromatic rings.